The van der Waals surface area contributed by atoms with Crippen molar-refractivity contribution in [3.8, 4) is 0 Å². The van der Waals surface area contributed by atoms with Gasteiger partial charge in [0.2, 0.25) is 5.91 Å². The highest BCUT2D eigenvalue weighted by molar-refractivity contribution is 7.98. The smallest absolute Gasteiger partial charge is 0.355 e. The fraction of sp³-hybridized carbons (Fsp3) is 0.500. The molecule has 0 saturated heterocycles. The Bertz CT molecular complexity index is 422. The molecule has 1 rings (SSSR count). The molecule has 0 aromatic carbocycles. The Morgan fingerprint density at radius 1 is 1.67 bits per heavy atom. The molecule has 18 heavy (non-hydrogen) atoms. The third-order valence-corrected chi connectivity index (χ3v) is 3.65. The lowest BCUT2D eigenvalue weighted by molar-refractivity contribution is -0.122. The van der Waals surface area contributed by atoms with Gasteiger partial charge in [-0.05, 0) is 18.4 Å². The van der Waals surface area contributed by atoms with Crippen molar-refractivity contribution in [3.05, 3.63) is 16.1 Å². The second kappa shape index (κ2) is 7.34. The zero-order valence-corrected chi connectivity index (χ0v) is 11.5. The maximum atomic E-state index is 11.6. The number of nitrogens with zero attached hydrogens (tertiary/aromatic N) is 1. The zero-order valence-electron chi connectivity index (χ0n) is 9.88. The molecule has 1 amide bonds. The summed E-state index contributed by atoms with van der Waals surface area (Å²) < 4.78 is 0. The van der Waals surface area contributed by atoms with Gasteiger partial charge in [-0.2, -0.15) is 11.8 Å². The van der Waals surface area contributed by atoms with Crippen LogP contribution >= 0.6 is 23.1 Å². The highest BCUT2D eigenvalue weighted by Gasteiger charge is 2.14. The summed E-state index contributed by atoms with van der Waals surface area (Å²) in [6.45, 7) is 0.212. The summed E-state index contributed by atoms with van der Waals surface area (Å²) in [6, 6.07) is -0.531. The van der Waals surface area contributed by atoms with Gasteiger partial charge >= 0.3 is 5.97 Å². The van der Waals surface area contributed by atoms with E-state index in [1.54, 1.807) is 11.8 Å². The largest absolute Gasteiger partial charge is 0.476 e. The quantitative estimate of drug-likeness (QED) is 0.676. The summed E-state index contributed by atoms with van der Waals surface area (Å²) >= 11 is 2.83. The fourth-order valence-corrected chi connectivity index (χ4v) is 2.36. The van der Waals surface area contributed by atoms with Crippen LogP contribution in [-0.2, 0) is 11.3 Å². The molecule has 100 valence electrons. The van der Waals surface area contributed by atoms with Gasteiger partial charge in [-0.25, -0.2) is 9.78 Å². The Morgan fingerprint density at radius 3 is 2.94 bits per heavy atom. The molecule has 0 unspecified atom stereocenters. The molecular weight excluding hydrogens is 274 g/mol. The van der Waals surface area contributed by atoms with Crippen LogP contribution in [0.2, 0.25) is 0 Å². The fourth-order valence-electron chi connectivity index (χ4n) is 1.16. The molecule has 1 aromatic rings. The third-order valence-electron chi connectivity index (χ3n) is 2.15. The van der Waals surface area contributed by atoms with Crippen molar-refractivity contribution in [2.75, 3.05) is 12.0 Å². The number of aromatic carboxylic acids is 1. The minimum absolute atomic E-state index is 0.00377. The lowest BCUT2D eigenvalue weighted by atomic mass is 10.2. The molecule has 1 atom stereocenters. The molecule has 1 aromatic heterocycles. The molecule has 0 spiro atoms. The van der Waals surface area contributed by atoms with Crippen LogP contribution in [0.25, 0.3) is 0 Å². The van der Waals surface area contributed by atoms with Crippen molar-refractivity contribution < 1.29 is 14.7 Å². The molecule has 0 aliphatic carbocycles. The van der Waals surface area contributed by atoms with E-state index in [0.717, 1.165) is 5.75 Å². The summed E-state index contributed by atoms with van der Waals surface area (Å²) in [4.78, 5) is 26.1. The van der Waals surface area contributed by atoms with E-state index in [9.17, 15) is 9.59 Å². The minimum atomic E-state index is -1.07. The molecule has 0 aliphatic rings. The van der Waals surface area contributed by atoms with Crippen molar-refractivity contribution in [1.29, 1.82) is 0 Å². The molecule has 0 fully saturated rings. The van der Waals surface area contributed by atoms with E-state index in [1.165, 1.54) is 16.7 Å². The first-order valence-corrected chi connectivity index (χ1v) is 7.52. The summed E-state index contributed by atoms with van der Waals surface area (Å²) in [5.74, 6) is -0.480. The lowest BCUT2D eigenvalue weighted by Crippen LogP contribution is -2.40. The number of aromatic nitrogens is 1. The van der Waals surface area contributed by atoms with Crippen LogP contribution in [0.3, 0.4) is 0 Å². The lowest BCUT2D eigenvalue weighted by Gasteiger charge is -2.10. The predicted octanol–water partition coefficient (Wildman–Crippen LogP) is 0.538. The number of carbonyl (C=O) groups is 2. The number of hydrogen-bond donors (Lipinski definition) is 3. The van der Waals surface area contributed by atoms with Crippen LogP contribution in [-0.4, -0.2) is 40.0 Å². The Balaban J connectivity index is 2.39. The molecular formula is C10H15N3O3S2. The molecule has 0 aliphatic heterocycles. The first-order valence-electron chi connectivity index (χ1n) is 5.24. The van der Waals surface area contributed by atoms with Crippen LogP contribution in [0.15, 0.2) is 5.38 Å². The first-order chi connectivity index (χ1) is 8.54. The summed E-state index contributed by atoms with van der Waals surface area (Å²) in [6.07, 6.45) is 2.57. The topological polar surface area (TPSA) is 105 Å². The highest BCUT2D eigenvalue weighted by atomic mass is 32.2. The monoisotopic (exact) mass is 289 g/mol. The molecule has 6 nitrogen and oxygen atoms in total. The zero-order chi connectivity index (χ0) is 13.5. The third kappa shape index (κ3) is 4.63. The molecule has 0 radical (unpaired) electrons. The standard InChI is InChI=1S/C10H15N3O3S2/c1-17-3-2-6(11)9(14)12-4-8-13-7(5-18-8)10(15)16/h5-6H,2-4,11H2,1H3,(H,12,14)(H,15,16)/t6-/m1/s1. The number of thioether (sulfide) groups is 1. The predicted molar refractivity (Wildman–Crippen MR) is 71.9 cm³/mol. The van der Waals surface area contributed by atoms with Crippen molar-refractivity contribution >= 4 is 35.0 Å². The van der Waals surface area contributed by atoms with Gasteiger partial charge in [-0.3, -0.25) is 4.79 Å². The van der Waals surface area contributed by atoms with E-state index in [4.69, 9.17) is 10.8 Å². The summed E-state index contributed by atoms with van der Waals surface area (Å²) in [7, 11) is 0. The van der Waals surface area contributed by atoms with E-state index in [1.807, 2.05) is 6.26 Å². The normalized spacial score (nSPS) is 12.1. The Hall–Kier alpha value is -1.12. The van der Waals surface area contributed by atoms with Gasteiger partial charge in [0.05, 0.1) is 12.6 Å². The average Bonchev–Trinajstić information content (AvgIpc) is 2.81. The average molecular weight is 289 g/mol. The van der Waals surface area contributed by atoms with Crippen LogP contribution in [0.4, 0.5) is 0 Å². The molecule has 8 heteroatoms. The van der Waals surface area contributed by atoms with Gasteiger partial charge in [-0.1, -0.05) is 0 Å². The number of carboxylic acids is 1. The maximum absolute atomic E-state index is 11.6. The highest BCUT2D eigenvalue weighted by Crippen LogP contribution is 2.09. The van der Waals surface area contributed by atoms with E-state index < -0.39 is 12.0 Å². The molecule has 1 heterocycles. The number of rotatable bonds is 7. The van der Waals surface area contributed by atoms with Crippen molar-refractivity contribution in [3.63, 3.8) is 0 Å². The molecule has 0 saturated carbocycles. The van der Waals surface area contributed by atoms with Crippen LogP contribution in [0.1, 0.15) is 21.9 Å². The second-order valence-electron chi connectivity index (χ2n) is 3.54. The summed E-state index contributed by atoms with van der Waals surface area (Å²) in [5.41, 5.74) is 5.68. The molecule has 0 bridgehead atoms. The van der Waals surface area contributed by atoms with E-state index in [2.05, 4.69) is 10.3 Å². The number of amides is 1. The Labute approximate surface area is 113 Å². The van der Waals surface area contributed by atoms with Gasteiger partial charge in [0.1, 0.15) is 5.01 Å². The number of nitrogens with one attached hydrogen (secondary N) is 1. The molecule has 4 N–H and O–H groups in total. The van der Waals surface area contributed by atoms with Gasteiger partial charge in [0, 0.05) is 5.38 Å². The van der Waals surface area contributed by atoms with Gasteiger partial charge in [-0.15, -0.1) is 11.3 Å². The van der Waals surface area contributed by atoms with E-state index in [-0.39, 0.29) is 18.1 Å². The second-order valence-corrected chi connectivity index (χ2v) is 5.47. The van der Waals surface area contributed by atoms with E-state index >= 15 is 0 Å². The van der Waals surface area contributed by atoms with Crippen LogP contribution < -0.4 is 11.1 Å². The van der Waals surface area contributed by atoms with Crippen LogP contribution in [0.5, 0.6) is 0 Å². The first kappa shape index (κ1) is 14.9. The number of hydrogen-bond acceptors (Lipinski definition) is 6. The maximum Gasteiger partial charge on any atom is 0.355 e. The number of carbonyl (C=O) groups excluding carboxylic acids is 1. The van der Waals surface area contributed by atoms with Crippen LogP contribution in [0, 0.1) is 0 Å². The van der Waals surface area contributed by atoms with E-state index in [0.29, 0.717) is 11.4 Å². The van der Waals surface area contributed by atoms with Crippen molar-refractivity contribution in [2.45, 2.75) is 19.0 Å². The van der Waals surface area contributed by atoms with Crippen molar-refractivity contribution in [1.82, 2.24) is 10.3 Å². The van der Waals surface area contributed by atoms with Crippen molar-refractivity contribution in [2.24, 2.45) is 5.73 Å². The van der Waals surface area contributed by atoms with Gasteiger partial charge in [0.25, 0.3) is 0 Å². The number of carboxylic acid groups (broad SMARTS) is 1. The summed E-state index contributed by atoms with van der Waals surface area (Å²) in [5, 5.41) is 13.3. The number of nitrogens with two attached hydrogens (primary N) is 1. The Kier molecular flexibility index (Phi) is 6.10. The van der Waals surface area contributed by atoms with Gasteiger partial charge < -0.3 is 16.2 Å². The SMILES string of the molecule is CSCC[C@@H](N)C(=O)NCc1nc(C(=O)O)cs1. The minimum Gasteiger partial charge on any atom is -0.476 e. The van der Waals surface area contributed by atoms with Gasteiger partial charge in [0.15, 0.2) is 5.69 Å². The number of thiazole rings is 1. The Morgan fingerprint density at radius 2 is 2.39 bits per heavy atom.